The van der Waals surface area contributed by atoms with E-state index < -0.39 is 94.3 Å². The van der Waals surface area contributed by atoms with Crippen LogP contribution in [0.3, 0.4) is 0 Å². The summed E-state index contributed by atoms with van der Waals surface area (Å²) in [5.74, 6) is -5.23. The van der Waals surface area contributed by atoms with Crippen LogP contribution in [0.4, 0.5) is 39.5 Å². The van der Waals surface area contributed by atoms with Crippen molar-refractivity contribution in [3.05, 3.63) is 0 Å². The molecule has 0 saturated heterocycles. The second-order valence-electron chi connectivity index (χ2n) is 5.32. The summed E-state index contributed by atoms with van der Waals surface area (Å²) in [4.78, 5) is 0. The van der Waals surface area contributed by atoms with Crippen molar-refractivity contribution < 1.29 is 95.5 Å². The van der Waals surface area contributed by atoms with E-state index in [2.05, 4.69) is 26.1 Å². The van der Waals surface area contributed by atoms with E-state index in [0.29, 0.717) is 0 Å². The average molecular weight is 626 g/mol. The normalized spacial score (nSPS) is 14.9. The van der Waals surface area contributed by atoms with Gasteiger partial charge in [-0.05, 0) is 0 Å². The number of alkyl halides is 9. The first-order valence-corrected chi connectivity index (χ1v) is 14.0. The van der Waals surface area contributed by atoms with Gasteiger partial charge in [-0.2, -0.15) is 37.8 Å². The highest BCUT2D eigenvalue weighted by molar-refractivity contribution is 7.87. The Hall–Kier alpha value is -0.790. The second kappa shape index (κ2) is 12.2. The maximum absolute atomic E-state index is 12.3. The Balaban J connectivity index is 5.28. The molecule has 0 saturated carbocycles. The lowest BCUT2D eigenvalue weighted by Gasteiger charge is -2.18. The van der Waals surface area contributed by atoms with Crippen LogP contribution >= 0.6 is 7.82 Å². The fraction of sp³-hybridized carbons (Fsp3) is 1.00. The van der Waals surface area contributed by atoms with Crippen LogP contribution in [0.1, 0.15) is 0 Å². The predicted molar refractivity (Wildman–Crippen MR) is 88.2 cm³/mol. The van der Waals surface area contributed by atoms with E-state index in [9.17, 15) is 69.3 Å². The van der Waals surface area contributed by atoms with Crippen LogP contribution in [0.2, 0.25) is 0 Å². The molecule has 0 amide bonds. The van der Waals surface area contributed by atoms with Gasteiger partial charge in [-0.15, -0.1) is 39.5 Å². The Kier molecular flexibility index (Phi) is 11.9. The summed E-state index contributed by atoms with van der Waals surface area (Å²) in [6.07, 6.45) is -17.1. The van der Waals surface area contributed by atoms with Gasteiger partial charge in [0.1, 0.15) is 0 Å². The highest BCUT2D eigenvalue weighted by Gasteiger charge is 2.40. The van der Waals surface area contributed by atoms with Crippen LogP contribution in [0.25, 0.3) is 0 Å². The largest absolute Gasteiger partial charge is 0.537 e. The molecule has 0 atom stereocenters. The molecule has 0 bridgehead atoms. The summed E-state index contributed by atoms with van der Waals surface area (Å²) < 4.78 is 207. The summed E-state index contributed by atoms with van der Waals surface area (Å²) in [6, 6.07) is 0. The van der Waals surface area contributed by atoms with Gasteiger partial charge in [-0.3, -0.25) is 13.6 Å². The van der Waals surface area contributed by atoms with Gasteiger partial charge < -0.3 is 0 Å². The van der Waals surface area contributed by atoms with E-state index in [1.165, 1.54) is 0 Å². The third-order valence-electron chi connectivity index (χ3n) is 2.41. The van der Waals surface area contributed by atoms with E-state index in [1.54, 1.807) is 0 Å². The Morgan fingerprint density at radius 1 is 0.486 bits per heavy atom. The number of hydrogen-bond acceptors (Lipinski definition) is 13. The smallest absolute Gasteiger partial charge is 0.286 e. The molecule has 0 N–H and O–H groups in total. The van der Waals surface area contributed by atoms with Crippen molar-refractivity contribution in [1.29, 1.82) is 0 Å². The first-order chi connectivity index (χ1) is 15.2. The molecule has 26 heteroatoms. The SMILES string of the molecule is O=P(OCCS(=O)(=O)OC(F)(F)F)(OCCS(=O)(=O)OC(F)(F)F)OCCS(=O)(=O)OC(F)(F)F. The number of halogens is 9. The van der Waals surface area contributed by atoms with E-state index in [0.717, 1.165) is 0 Å². The van der Waals surface area contributed by atoms with E-state index >= 15 is 0 Å². The molecule has 0 radical (unpaired) electrons. The summed E-state index contributed by atoms with van der Waals surface area (Å²) in [6.45, 7) is -4.69. The zero-order valence-corrected chi connectivity index (χ0v) is 19.5. The lowest BCUT2D eigenvalue weighted by Crippen LogP contribution is -2.25. The van der Waals surface area contributed by atoms with Gasteiger partial charge in [-0.25, -0.2) is 4.57 Å². The van der Waals surface area contributed by atoms with Gasteiger partial charge >= 0.3 is 26.9 Å². The molecule has 0 aliphatic rings. The molecule has 212 valence electrons. The molecule has 0 aromatic heterocycles. The highest BCUT2D eigenvalue weighted by atomic mass is 32.2. The number of phosphoric ester groups is 1. The number of phosphoric acid groups is 1. The first-order valence-electron chi connectivity index (χ1n) is 7.78. The van der Waals surface area contributed by atoms with Crippen molar-refractivity contribution in [2.45, 2.75) is 19.1 Å². The van der Waals surface area contributed by atoms with Crippen molar-refractivity contribution >= 4 is 38.2 Å². The maximum Gasteiger partial charge on any atom is 0.537 e. The zero-order valence-electron chi connectivity index (χ0n) is 16.1. The summed E-state index contributed by atoms with van der Waals surface area (Å²) in [5, 5.41) is 0. The molecule has 0 unspecified atom stereocenters. The van der Waals surface area contributed by atoms with Crippen molar-refractivity contribution in [2.75, 3.05) is 37.1 Å². The predicted octanol–water partition coefficient (Wildman–Crippen LogP) is 1.74. The van der Waals surface area contributed by atoms with Crippen LogP contribution in [-0.4, -0.2) is 81.4 Å². The molecule has 0 rings (SSSR count). The second-order valence-corrected chi connectivity index (χ2v) is 12.1. The summed E-state index contributed by atoms with van der Waals surface area (Å²) in [5.41, 5.74) is 0. The van der Waals surface area contributed by atoms with Crippen molar-refractivity contribution in [1.82, 2.24) is 0 Å². The molecular formula is C9H12F9O13PS3. The fourth-order valence-corrected chi connectivity index (χ4v) is 4.94. The van der Waals surface area contributed by atoms with Crippen LogP contribution in [0.5, 0.6) is 0 Å². The third kappa shape index (κ3) is 19.0. The quantitative estimate of drug-likeness (QED) is 0.146. The van der Waals surface area contributed by atoms with Crippen LogP contribution in [0.15, 0.2) is 0 Å². The van der Waals surface area contributed by atoms with Gasteiger partial charge in [0.05, 0.1) is 37.1 Å². The van der Waals surface area contributed by atoms with Crippen molar-refractivity contribution in [3.8, 4) is 0 Å². The van der Waals surface area contributed by atoms with Gasteiger partial charge in [0.25, 0.3) is 30.4 Å². The minimum absolute atomic E-state index is 1.56. The lowest BCUT2D eigenvalue weighted by molar-refractivity contribution is -0.273. The molecule has 13 nitrogen and oxygen atoms in total. The van der Waals surface area contributed by atoms with Crippen LogP contribution in [0, 0.1) is 0 Å². The van der Waals surface area contributed by atoms with Gasteiger partial charge in [0.15, 0.2) is 0 Å². The number of rotatable bonds is 15. The number of hydrogen-bond donors (Lipinski definition) is 0. The molecule has 0 spiro atoms. The first kappa shape index (κ1) is 34.2. The van der Waals surface area contributed by atoms with Crippen LogP contribution < -0.4 is 0 Å². The maximum atomic E-state index is 12.3. The standard InChI is InChI=1S/C9H12F9O13PS3/c10-7(11,12)29-33(20,21)4-1-26-32(19,27-2-5-34(22,23)30-8(13,14)15)28-3-6-35(24,25)31-9(16,17)18/h1-6H2. The van der Waals surface area contributed by atoms with E-state index in [1.807, 2.05) is 0 Å². The van der Waals surface area contributed by atoms with Crippen molar-refractivity contribution in [3.63, 3.8) is 0 Å². The van der Waals surface area contributed by atoms with Crippen molar-refractivity contribution in [2.24, 2.45) is 0 Å². The van der Waals surface area contributed by atoms with Gasteiger partial charge in [0, 0.05) is 0 Å². The van der Waals surface area contributed by atoms with Crippen LogP contribution in [-0.2, 0) is 61.0 Å². The third-order valence-corrected chi connectivity index (χ3v) is 7.24. The Morgan fingerprint density at radius 3 is 0.857 bits per heavy atom. The molecule has 35 heavy (non-hydrogen) atoms. The summed E-state index contributed by atoms with van der Waals surface area (Å²) in [7, 11) is -21.8. The Labute approximate surface area is 190 Å². The van der Waals surface area contributed by atoms with Gasteiger partial charge in [-0.1, -0.05) is 0 Å². The molecule has 0 heterocycles. The minimum atomic E-state index is -5.70. The molecule has 0 fully saturated rings. The molecular weight excluding hydrogens is 614 g/mol. The topological polar surface area (TPSA) is 175 Å². The fourth-order valence-electron chi connectivity index (χ4n) is 1.42. The highest BCUT2D eigenvalue weighted by Crippen LogP contribution is 2.49. The van der Waals surface area contributed by atoms with Gasteiger partial charge in [0.2, 0.25) is 0 Å². The van der Waals surface area contributed by atoms with E-state index in [4.69, 9.17) is 0 Å². The monoisotopic (exact) mass is 626 g/mol. The lowest BCUT2D eigenvalue weighted by atomic mass is 10.9. The Morgan fingerprint density at radius 2 is 0.686 bits per heavy atom. The molecule has 0 aromatic carbocycles. The molecule has 0 aromatic rings. The Bertz CT molecular complexity index is 914. The summed E-state index contributed by atoms with van der Waals surface area (Å²) >= 11 is 0. The minimum Gasteiger partial charge on any atom is -0.286 e. The zero-order chi connectivity index (χ0) is 28.0. The molecule has 0 aliphatic carbocycles. The molecule has 0 aliphatic heterocycles. The van der Waals surface area contributed by atoms with E-state index in [-0.39, 0.29) is 0 Å². The average Bonchev–Trinajstić information content (AvgIpc) is 2.46.